The fraction of sp³-hybridized carbons (Fsp3) is 0.833. The summed E-state index contributed by atoms with van der Waals surface area (Å²) in [6.07, 6.45) is -7.84. The Morgan fingerprint density at radius 3 is 1.80 bits per heavy atom. The number of carbonyl (C=O) groups is 1. The molecule has 4 atom stereocenters. The molecule has 0 fully saturated rings. The monoisotopic (exact) mass is 310 g/mol. The third kappa shape index (κ3) is 7.15. The molecule has 0 aromatic carbocycles. The van der Waals surface area contributed by atoms with E-state index in [9.17, 15) is 4.79 Å². The maximum absolute atomic E-state index is 10.1. The molecule has 9 heteroatoms. The molecule has 0 unspecified atom stereocenters. The molecule has 0 aromatic rings. The minimum Gasteiger partial charge on any atom is -1.00 e. The summed E-state index contributed by atoms with van der Waals surface area (Å²) >= 11 is 0. The molecule has 0 saturated carbocycles. The number of aliphatic carboxylic acids is 1. The van der Waals surface area contributed by atoms with E-state index in [1.54, 1.807) is 0 Å². The van der Waals surface area contributed by atoms with Crippen molar-refractivity contribution in [1.82, 2.24) is 0 Å². The maximum atomic E-state index is 10.1. The predicted octanol–water partition coefficient (Wildman–Crippen LogP) is -6.38. The SMILES string of the molecule is O=C(O)[C@H](O)[C@@H](O)[C@H](O)[C@H](O)CO.[H-].[Na+].[Zr]. The van der Waals surface area contributed by atoms with Gasteiger partial charge in [0, 0.05) is 26.2 Å². The van der Waals surface area contributed by atoms with Crippen LogP contribution >= 0.6 is 0 Å². The van der Waals surface area contributed by atoms with Gasteiger partial charge >= 0.3 is 35.5 Å². The van der Waals surface area contributed by atoms with Crippen molar-refractivity contribution in [1.29, 1.82) is 0 Å². The molecule has 0 aliphatic carbocycles. The second kappa shape index (κ2) is 10.3. The summed E-state index contributed by atoms with van der Waals surface area (Å²) in [5, 5.41) is 51.8. The van der Waals surface area contributed by atoms with E-state index in [2.05, 4.69) is 0 Å². The molecule has 7 nitrogen and oxygen atoms in total. The molecule has 0 aliphatic heterocycles. The van der Waals surface area contributed by atoms with Gasteiger partial charge in [-0.1, -0.05) is 0 Å². The molecule has 0 spiro atoms. The third-order valence-electron chi connectivity index (χ3n) is 1.51. The van der Waals surface area contributed by atoms with Gasteiger partial charge in [0.25, 0.3) is 0 Å². The topological polar surface area (TPSA) is 138 Å². The molecule has 0 radical (unpaired) electrons. The van der Waals surface area contributed by atoms with Gasteiger partial charge in [0.05, 0.1) is 6.61 Å². The maximum Gasteiger partial charge on any atom is 1.00 e. The molecule has 0 rings (SSSR count). The summed E-state index contributed by atoms with van der Waals surface area (Å²) in [5.41, 5.74) is 0. The van der Waals surface area contributed by atoms with E-state index in [-0.39, 0.29) is 57.2 Å². The van der Waals surface area contributed by atoms with Crippen LogP contribution in [0.3, 0.4) is 0 Å². The molecule has 0 aromatic heterocycles. The Morgan fingerprint density at radius 2 is 1.53 bits per heavy atom. The van der Waals surface area contributed by atoms with E-state index in [1.807, 2.05) is 0 Å². The summed E-state index contributed by atoms with van der Waals surface area (Å²) in [7, 11) is 0. The van der Waals surface area contributed by atoms with Gasteiger partial charge in [-0.25, -0.2) is 4.79 Å². The first kappa shape index (κ1) is 21.4. The second-order valence-corrected chi connectivity index (χ2v) is 2.51. The smallest absolute Gasteiger partial charge is 1.00 e. The van der Waals surface area contributed by atoms with Crippen molar-refractivity contribution < 1.29 is 92.6 Å². The summed E-state index contributed by atoms with van der Waals surface area (Å²) in [6, 6.07) is 0. The number of carboxylic acids is 1. The zero-order valence-corrected chi connectivity index (χ0v) is 12.6. The quantitative estimate of drug-likeness (QED) is 0.278. The largest absolute Gasteiger partial charge is 1.00 e. The molecule has 0 bridgehead atoms. The van der Waals surface area contributed by atoms with Crippen molar-refractivity contribution in [3.05, 3.63) is 0 Å². The van der Waals surface area contributed by atoms with Crippen LogP contribution in [0.1, 0.15) is 1.43 Å². The number of carboxylic acid groups (broad SMARTS) is 1. The van der Waals surface area contributed by atoms with Gasteiger partial charge in [0.2, 0.25) is 0 Å². The normalized spacial score (nSPS) is 17.7. The van der Waals surface area contributed by atoms with Crippen molar-refractivity contribution in [2.24, 2.45) is 0 Å². The minimum atomic E-state index is -2.20. The molecule has 0 saturated heterocycles. The molecular formula is C6H13NaO7Zr. The minimum absolute atomic E-state index is 0. The van der Waals surface area contributed by atoms with Crippen LogP contribution in [0.15, 0.2) is 0 Å². The van der Waals surface area contributed by atoms with E-state index < -0.39 is 37.0 Å². The van der Waals surface area contributed by atoms with E-state index in [4.69, 9.17) is 30.6 Å². The summed E-state index contributed by atoms with van der Waals surface area (Å²) in [6.45, 7) is -0.843. The van der Waals surface area contributed by atoms with Crippen LogP contribution in [-0.4, -0.2) is 67.6 Å². The molecule has 0 amide bonds. The van der Waals surface area contributed by atoms with Crippen molar-refractivity contribution >= 4 is 5.97 Å². The van der Waals surface area contributed by atoms with Gasteiger partial charge in [0.1, 0.15) is 18.3 Å². The number of hydrogen-bond acceptors (Lipinski definition) is 6. The van der Waals surface area contributed by atoms with Crippen LogP contribution in [0, 0.1) is 0 Å². The number of rotatable bonds is 5. The molecular weight excluding hydrogens is 298 g/mol. The van der Waals surface area contributed by atoms with Gasteiger partial charge in [0.15, 0.2) is 6.10 Å². The summed E-state index contributed by atoms with van der Waals surface area (Å²) in [4.78, 5) is 10.1. The molecule has 0 aliphatic rings. The van der Waals surface area contributed by atoms with Crippen molar-refractivity contribution in [2.45, 2.75) is 24.4 Å². The zero-order chi connectivity index (χ0) is 10.6. The molecule has 15 heavy (non-hydrogen) atoms. The zero-order valence-electron chi connectivity index (χ0n) is 9.11. The number of aliphatic hydroxyl groups is 5. The van der Waals surface area contributed by atoms with E-state index in [0.717, 1.165) is 0 Å². The summed E-state index contributed by atoms with van der Waals surface area (Å²) < 4.78 is 0. The molecule has 6 N–H and O–H groups in total. The first-order valence-corrected chi connectivity index (χ1v) is 3.47. The van der Waals surface area contributed by atoms with Crippen LogP contribution in [0.4, 0.5) is 0 Å². The van der Waals surface area contributed by atoms with Gasteiger partial charge < -0.3 is 32.1 Å². The molecule has 0 heterocycles. The summed E-state index contributed by atoms with van der Waals surface area (Å²) in [5.74, 6) is -1.73. The van der Waals surface area contributed by atoms with E-state index in [1.165, 1.54) is 0 Å². The van der Waals surface area contributed by atoms with Gasteiger partial charge in [-0.15, -0.1) is 0 Å². The van der Waals surface area contributed by atoms with Crippen LogP contribution < -0.4 is 29.6 Å². The fourth-order valence-electron chi connectivity index (χ4n) is 0.668. The van der Waals surface area contributed by atoms with E-state index in [0.29, 0.717) is 0 Å². The first-order valence-electron chi connectivity index (χ1n) is 3.47. The third-order valence-corrected chi connectivity index (χ3v) is 1.51. The van der Waals surface area contributed by atoms with Crippen LogP contribution in [0.2, 0.25) is 0 Å². The standard InChI is InChI=1S/C6H12O7.Na.Zr.H/c7-1-2(8)3(9)4(10)5(11)6(12)13;;;/h2-5,7-11H,1H2,(H,12,13);;;/q;+1;;-1/t2-,3-,4+,5-;;;/m1.../s1. The van der Waals surface area contributed by atoms with Gasteiger partial charge in [-0.3, -0.25) is 0 Å². The van der Waals surface area contributed by atoms with Crippen molar-refractivity contribution in [2.75, 3.05) is 6.61 Å². The second-order valence-electron chi connectivity index (χ2n) is 2.51. The van der Waals surface area contributed by atoms with Crippen LogP contribution in [-0.2, 0) is 31.0 Å². The van der Waals surface area contributed by atoms with Crippen molar-refractivity contribution in [3.8, 4) is 0 Å². The predicted molar refractivity (Wildman–Crippen MR) is 39.9 cm³/mol. The average molecular weight is 311 g/mol. The van der Waals surface area contributed by atoms with E-state index >= 15 is 0 Å². The Kier molecular flexibility index (Phi) is 14.7. The Balaban J connectivity index is -0.000000240. The Labute approximate surface area is 129 Å². The average Bonchev–Trinajstić information content (AvgIpc) is 2.12. The Morgan fingerprint density at radius 1 is 1.13 bits per heavy atom. The number of hydrogen-bond donors (Lipinski definition) is 6. The molecule has 84 valence electrons. The number of aliphatic hydroxyl groups excluding tert-OH is 5. The van der Waals surface area contributed by atoms with Gasteiger partial charge in [-0.2, -0.15) is 0 Å². The Bertz CT molecular complexity index is 186. The fourth-order valence-corrected chi connectivity index (χ4v) is 0.668. The van der Waals surface area contributed by atoms with Crippen molar-refractivity contribution in [3.63, 3.8) is 0 Å². The first-order chi connectivity index (χ1) is 5.91. The Hall–Kier alpha value is 1.15. The van der Waals surface area contributed by atoms with Crippen LogP contribution in [0.5, 0.6) is 0 Å². The van der Waals surface area contributed by atoms with Gasteiger partial charge in [-0.05, 0) is 0 Å². The van der Waals surface area contributed by atoms with Crippen LogP contribution in [0.25, 0.3) is 0 Å².